The third kappa shape index (κ3) is 6.18. The lowest BCUT2D eigenvalue weighted by atomic mass is 10.2. The minimum Gasteiger partial charge on any atom is -0.483 e. The maximum absolute atomic E-state index is 12.2. The molecule has 0 unspecified atom stereocenters. The van der Waals surface area contributed by atoms with Crippen LogP contribution in [0.5, 0.6) is 5.75 Å². The van der Waals surface area contributed by atoms with E-state index in [1.165, 1.54) is 0 Å². The lowest BCUT2D eigenvalue weighted by Gasteiger charge is -2.13. The van der Waals surface area contributed by atoms with E-state index in [9.17, 15) is 4.79 Å². The topological polar surface area (TPSA) is 63.2 Å². The number of aryl methyl sites for hydroxylation is 1. The quantitative estimate of drug-likeness (QED) is 0.543. The summed E-state index contributed by atoms with van der Waals surface area (Å²) in [7, 11) is 0. The molecule has 1 heterocycles. The Morgan fingerprint density at radius 2 is 1.79 bits per heavy atom. The van der Waals surface area contributed by atoms with Crippen LogP contribution in [0.3, 0.4) is 0 Å². The van der Waals surface area contributed by atoms with Gasteiger partial charge >= 0.3 is 0 Å². The van der Waals surface area contributed by atoms with Crippen LogP contribution in [-0.2, 0) is 17.9 Å². The molecular weight excluding hydrogens is 418 g/mol. The van der Waals surface area contributed by atoms with Gasteiger partial charge in [0, 0.05) is 41.2 Å². The third-order valence-electron chi connectivity index (χ3n) is 4.11. The smallest absolute Gasteiger partial charge is 0.262 e. The van der Waals surface area contributed by atoms with Crippen LogP contribution in [0.2, 0.25) is 0 Å². The highest BCUT2D eigenvalue weighted by Gasteiger charge is 2.08. The molecule has 0 aliphatic rings. The van der Waals surface area contributed by atoms with Crippen molar-refractivity contribution >= 4 is 27.5 Å². The molecule has 6 heteroatoms. The standard InChI is InChI=1S/C22H22BrN3O2/c1-16-2-5-20(6-3-16)26-22(27)15-28-21-7-4-19(23)12-18(21)14-25-13-17-8-10-24-11-9-17/h2-12,25H,13-15H2,1H3,(H,26,27). The molecule has 0 radical (unpaired) electrons. The minimum absolute atomic E-state index is 0.0487. The number of halogens is 1. The fourth-order valence-corrected chi connectivity index (χ4v) is 3.05. The van der Waals surface area contributed by atoms with E-state index >= 15 is 0 Å². The Balaban J connectivity index is 1.55. The first-order valence-corrected chi connectivity index (χ1v) is 9.77. The minimum atomic E-state index is -0.192. The average Bonchev–Trinajstić information content (AvgIpc) is 2.70. The van der Waals surface area contributed by atoms with E-state index in [1.54, 1.807) is 12.4 Å². The summed E-state index contributed by atoms with van der Waals surface area (Å²) >= 11 is 3.49. The highest BCUT2D eigenvalue weighted by atomic mass is 79.9. The number of aromatic nitrogens is 1. The maximum atomic E-state index is 12.2. The van der Waals surface area contributed by atoms with Crippen molar-refractivity contribution in [2.45, 2.75) is 20.0 Å². The summed E-state index contributed by atoms with van der Waals surface area (Å²) in [6.45, 7) is 3.30. The van der Waals surface area contributed by atoms with Gasteiger partial charge in [-0.2, -0.15) is 0 Å². The summed E-state index contributed by atoms with van der Waals surface area (Å²) in [5, 5.41) is 6.23. The van der Waals surface area contributed by atoms with Crippen molar-refractivity contribution in [1.29, 1.82) is 0 Å². The molecular formula is C22H22BrN3O2. The maximum Gasteiger partial charge on any atom is 0.262 e. The number of amides is 1. The molecule has 0 bridgehead atoms. The number of rotatable bonds is 8. The number of carbonyl (C=O) groups excluding carboxylic acids is 1. The molecule has 0 aliphatic heterocycles. The lowest BCUT2D eigenvalue weighted by molar-refractivity contribution is -0.118. The highest BCUT2D eigenvalue weighted by Crippen LogP contribution is 2.23. The molecule has 0 spiro atoms. The van der Waals surface area contributed by atoms with Gasteiger partial charge in [0.25, 0.3) is 5.91 Å². The molecule has 28 heavy (non-hydrogen) atoms. The number of ether oxygens (including phenoxy) is 1. The van der Waals surface area contributed by atoms with Crippen LogP contribution in [0.25, 0.3) is 0 Å². The second-order valence-corrected chi connectivity index (χ2v) is 7.33. The third-order valence-corrected chi connectivity index (χ3v) is 4.60. The average molecular weight is 440 g/mol. The highest BCUT2D eigenvalue weighted by molar-refractivity contribution is 9.10. The summed E-state index contributed by atoms with van der Waals surface area (Å²) in [6, 6.07) is 17.4. The molecule has 0 saturated carbocycles. The Hall–Kier alpha value is -2.70. The first-order chi connectivity index (χ1) is 13.6. The van der Waals surface area contributed by atoms with Crippen molar-refractivity contribution in [1.82, 2.24) is 10.3 Å². The second-order valence-electron chi connectivity index (χ2n) is 6.41. The summed E-state index contributed by atoms with van der Waals surface area (Å²) < 4.78 is 6.73. The van der Waals surface area contributed by atoms with Crippen LogP contribution in [0.15, 0.2) is 71.5 Å². The van der Waals surface area contributed by atoms with Gasteiger partial charge in [-0.25, -0.2) is 0 Å². The summed E-state index contributed by atoms with van der Waals surface area (Å²) in [5.41, 5.74) is 4.04. The molecule has 3 aromatic rings. The Morgan fingerprint density at radius 1 is 1.04 bits per heavy atom. The Labute approximate surface area is 173 Å². The predicted molar refractivity (Wildman–Crippen MR) is 114 cm³/mol. The van der Waals surface area contributed by atoms with Gasteiger partial charge in [0.1, 0.15) is 5.75 Å². The van der Waals surface area contributed by atoms with Gasteiger partial charge in [-0.1, -0.05) is 33.6 Å². The number of pyridine rings is 1. The zero-order valence-electron chi connectivity index (χ0n) is 15.6. The van der Waals surface area contributed by atoms with Gasteiger partial charge in [-0.05, 0) is 55.0 Å². The Morgan fingerprint density at radius 3 is 2.54 bits per heavy atom. The van der Waals surface area contributed by atoms with Crippen LogP contribution in [0, 0.1) is 6.92 Å². The van der Waals surface area contributed by atoms with Gasteiger partial charge in [-0.3, -0.25) is 9.78 Å². The molecule has 2 N–H and O–H groups in total. The van der Waals surface area contributed by atoms with Crippen LogP contribution in [-0.4, -0.2) is 17.5 Å². The zero-order valence-corrected chi connectivity index (χ0v) is 17.2. The number of carbonyl (C=O) groups is 1. The fraction of sp³-hybridized carbons (Fsp3) is 0.182. The summed E-state index contributed by atoms with van der Waals surface area (Å²) in [4.78, 5) is 16.2. The molecule has 5 nitrogen and oxygen atoms in total. The monoisotopic (exact) mass is 439 g/mol. The van der Waals surface area contributed by atoms with Crippen molar-refractivity contribution < 1.29 is 9.53 Å². The number of hydrogen-bond donors (Lipinski definition) is 2. The Bertz CT molecular complexity index is 915. The lowest BCUT2D eigenvalue weighted by Crippen LogP contribution is -2.21. The molecule has 144 valence electrons. The number of nitrogens with one attached hydrogen (secondary N) is 2. The SMILES string of the molecule is Cc1ccc(NC(=O)COc2ccc(Br)cc2CNCc2ccncc2)cc1. The zero-order chi connectivity index (χ0) is 19.8. The van der Waals surface area contributed by atoms with E-state index in [-0.39, 0.29) is 12.5 Å². The van der Waals surface area contributed by atoms with E-state index in [0.29, 0.717) is 12.3 Å². The molecule has 0 aliphatic carbocycles. The van der Waals surface area contributed by atoms with Crippen molar-refractivity contribution in [3.8, 4) is 5.75 Å². The summed E-state index contributed by atoms with van der Waals surface area (Å²) in [6.07, 6.45) is 3.55. The largest absolute Gasteiger partial charge is 0.483 e. The van der Waals surface area contributed by atoms with Gasteiger partial charge < -0.3 is 15.4 Å². The number of nitrogens with zero attached hydrogens (tertiary/aromatic N) is 1. The fourth-order valence-electron chi connectivity index (χ4n) is 2.65. The van der Waals surface area contributed by atoms with E-state index < -0.39 is 0 Å². The Kier molecular flexibility index (Phi) is 7.17. The van der Waals surface area contributed by atoms with Crippen LogP contribution < -0.4 is 15.4 Å². The van der Waals surface area contributed by atoms with Crippen molar-refractivity contribution in [3.05, 3.63) is 88.2 Å². The van der Waals surface area contributed by atoms with Crippen LogP contribution in [0.4, 0.5) is 5.69 Å². The van der Waals surface area contributed by atoms with Gasteiger partial charge in [0.05, 0.1) is 0 Å². The summed E-state index contributed by atoms with van der Waals surface area (Å²) in [5.74, 6) is 0.493. The van der Waals surface area contributed by atoms with Crippen molar-refractivity contribution in [2.24, 2.45) is 0 Å². The van der Waals surface area contributed by atoms with E-state index in [0.717, 1.165) is 33.4 Å². The number of benzene rings is 2. The van der Waals surface area contributed by atoms with Crippen molar-refractivity contribution in [3.63, 3.8) is 0 Å². The van der Waals surface area contributed by atoms with Crippen LogP contribution >= 0.6 is 15.9 Å². The van der Waals surface area contributed by atoms with E-state index in [4.69, 9.17) is 4.74 Å². The molecule has 3 rings (SSSR count). The van der Waals surface area contributed by atoms with E-state index in [2.05, 4.69) is 31.5 Å². The first kappa shape index (κ1) is 20.0. The normalized spacial score (nSPS) is 10.5. The number of anilines is 1. The molecule has 0 fully saturated rings. The molecule has 2 aromatic carbocycles. The molecule has 0 atom stereocenters. The first-order valence-electron chi connectivity index (χ1n) is 8.97. The molecule has 0 saturated heterocycles. The van der Waals surface area contributed by atoms with Gasteiger partial charge in [-0.15, -0.1) is 0 Å². The second kappa shape index (κ2) is 10.0. The molecule has 1 amide bonds. The van der Waals surface area contributed by atoms with Crippen molar-refractivity contribution in [2.75, 3.05) is 11.9 Å². The predicted octanol–water partition coefficient (Wildman–Crippen LogP) is 4.46. The van der Waals surface area contributed by atoms with E-state index in [1.807, 2.05) is 61.5 Å². The van der Waals surface area contributed by atoms with Gasteiger partial charge in [0.15, 0.2) is 6.61 Å². The molecule has 1 aromatic heterocycles. The number of hydrogen-bond acceptors (Lipinski definition) is 4. The van der Waals surface area contributed by atoms with Gasteiger partial charge in [0.2, 0.25) is 0 Å². The van der Waals surface area contributed by atoms with Crippen LogP contribution in [0.1, 0.15) is 16.7 Å².